The van der Waals surface area contributed by atoms with Crippen LogP contribution in [0.4, 0.5) is 26.7 Å². The van der Waals surface area contributed by atoms with Crippen molar-refractivity contribution in [2.45, 2.75) is 83.5 Å². The second kappa shape index (κ2) is 15.8. The summed E-state index contributed by atoms with van der Waals surface area (Å²) < 4.78 is 92.4. The van der Waals surface area contributed by atoms with Gasteiger partial charge in [-0.05, 0) is 101 Å². The van der Waals surface area contributed by atoms with Gasteiger partial charge in [0.15, 0.2) is 17.4 Å². The summed E-state index contributed by atoms with van der Waals surface area (Å²) in [5.74, 6) is -9.42. The Balaban J connectivity index is 0.992. The van der Waals surface area contributed by atoms with E-state index in [-0.39, 0.29) is 44.5 Å². The first-order valence-electron chi connectivity index (χ1n) is 18.1. The lowest BCUT2D eigenvalue weighted by atomic mass is 9.86. The van der Waals surface area contributed by atoms with Crippen molar-refractivity contribution < 1.29 is 45.8 Å². The maximum Gasteiger partial charge on any atom is 0.410 e. The van der Waals surface area contributed by atoms with Crippen molar-refractivity contribution in [2.24, 2.45) is 11.8 Å². The van der Waals surface area contributed by atoms with E-state index in [9.17, 15) is 22.8 Å². The van der Waals surface area contributed by atoms with Crippen molar-refractivity contribution in [1.82, 2.24) is 20.0 Å². The minimum absolute atomic E-state index is 0.0649. The topological polar surface area (TPSA) is 94.9 Å². The van der Waals surface area contributed by atoms with Gasteiger partial charge in [0, 0.05) is 30.6 Å². The summed E-state index contributed by atoms with van der Waals surface area (Å²) >= 11 is 0. The fraction of sp³-hybridized carbons (Fsp3) is 0.475. The monoisotopic (exact) mass is 756 g/mol. The Kier molecular flexibility index (Phi) is 11.4. The van der Waals surface area contributed by atoms with E-state index in [4.69, 9.17) is 19.3 Å². The Morgan fingerprint density at radius 3 is 2.31 bits per heavy atom. The number of piperidine rings is 1. The molecular weight excluding hydrogens is 711 g/mol. The number of benzene rings is 3. The SMILES string of the molecule is COc1ccc(COc2c(F)cc(C(=O)NCC3CCC(n4cc5ccc(CC6CCN(C(=O)OC(C)(C)C)CC6(F)F)cc5n4)CC3)c(F)c2F)cc1. The number of methoxy groups -OCH3 is 1. The van der Waals surface area contributed by atoms with Crippen LogP contribution < -0.4 is 14.8 Å². The van der Waals surface area contributed by atoms with Crippen molar-refractivity contribution in [3.63, 3.8) is 0 Å². The molecule has 0 radical (unpaired) electrons. The predicted molar refractivity (Wildman–Crippen MR) is 191 cm³/mol. The number of ether oxygens (including phenoxy) is 3. The Hall–Kier alpha value is -4.88. The highest BCUT2D eigenvalue weighted by Crippen LogP contribution is 2.37. The van der Waals surface area contributed by atoms with Crippen LogP contribution in [0, 0.1) is 29.3 Å². The summed E-state index contributed by atoms with van der Waals surface area (Å²) in [6, 6.07) is 12.9. The number of aromatic nitrogens is 2. The Bertz CT molecular complexity index is 1970. The van der Waals surface area contributed by atoms with Gasteiger partial charge in [-0.25, -0.2) is 22.4 Å². The lowest BCUT2D eigenvalue weighted by Crippen LogP contribution is -2.52. The summed E-state index contributed by atoms with van der Waals surface area (Å²) in [6.07, 6.45) is 4.47. The third-order valence-electron chi connectivity index (χ3n) is 10.1. The number of nitrogens with zero attached hydrogens (tertiary/aromatic N) is 3. The molecule has 0 spiro atoms. The fourth-order valence-corrected chi connectivity index (χ4v) is 7.10. The molecule has 1 aliphatic carbocycles. The molecule has 0 bridgehead atoms. The summed E-state index contributed by atoms with van der Waals surface area (Å²) in [5, 5.41) is 8.28. The van der Waals surface area contributed by atoms with E-state index in [0.29, 0.717) is 22.9 Å². The third kappa shape index (κ3) is 9.07. The zero-order valence-electron chi connectivity index (χ0n) is 30.8. The second-order valence-electron chi connectivity index (χ2n) is 15.2. The van der Waals surface area contributed by atoms with Gasteiger partial charge in [-0.2, -0.15) is 9.49 Å². The zero-order chi connectivity index (χ0) is 38.8. The number of hydrogen-bond acceptors (Lipinski definition) is 6. The van der Waals surface area contributed by atoms with Gasteiger partial charge in [-0.15, -0.1) is 0 Å². The fourth-order valence-electron chi connectivity index (χ4n) is 7.10. The number of amides is 2. The van der Waals surface area contributed by atoms with Crippen LogP contribution in [0.15, 0.2) is 54.7 Å². The predicted octanol–water partition coefficient (Wildman–Crippen LogP) is 8.64. The highest BCUT2D eigenvalue weighted by atomic mass is 19.3. The number of rotatable bonds is 10. The molecule has 54 heavy (non-hydrogen) atoms. The first-order chi connectivity index (χ1) is 25.6. The summed E-state index contributed by atoms with van der Waals surface area (Å²) in [4.78, 5) is 26.3. The van der Waals surface area contributed by atoms with Crippen molar-refractivity contribution in [3.05, 3.63) is 88.9 Å². The van der Waals surface area contributed by atoms with Crippen LogP contribution in [-0.2, 0) is 17.8 Å². The summed E-state index contributed by atoms with van der Waals surface area (Å²) in [7, 11) is 1.50. The number of carbonyl (C=O) groups is 2. The molecule has 2 aliphatic rings. The average molecular weight is 757 g/mol. The molecule has 14 heteroatoms. The number of alkyl halides is 2. The first-order valence-corrected chi connectivity index (χ1v) is 18.1. The quantitative estimate of drug-likeness (QED) is 0.129. The minimum Gasteiger partial charge on any atom is -0.497 e. The molecule has 1 aliphatic heterocycles. The van der Waals surface area contributed by atoms with Crippen LogP contribution >= 0.6 is 0 Å². The van der Waals surface area contributed by atoms with Crippen LogP contribution in [0.3, 0.4) is 0 Å². The van der Waals surface area contributed by atoms with Gasteiger partial charge in [0.05, 0.1) is 30.8 Å². The van der Waals surface area contributed by atoms with E-state index in [1.165, 1.54) is 7.11 Å². The molecule has 2 fully saturated rings. The summed E-state index contributed by atoms with van der Waals surface area (Å²) in [6.45, 7) is 4.60. The van der Waals surface area contributed by atoms with Gasteiger partial charge in [-0.3, -0.25) is 9.48 Å². The van der Waals surface area contributed by atoms with Crippen LogP contribution in [0.1, 0.15) is 80.4 Å². The largest absolute Gasteiger partial charge is 0.497 e. The second-order valence-corrected chi connectivity index (χ2v) is 15.2. The van der Waals surface area contributed by atoms with Crippen molar-refractivity contribution in [1.29, 1.82) is 0 Å². The smallest absolute Gasteiger partial charge is 0.410 e. The van der Waals surface area contributed by atoms with Gasteiger partial charge >= 0.3 is 6.09 Å². The lowest BCUT2D eigenvalue weighted by Gasteiger charge is -2.38. The maximum atomic E-state index is 15.2. The highest BCUT2D eigenvalue weighted by Gasteiger charge is 2.46. The lowest BCUT2D eigenvalue weighted by molar-refractivity contribution is -0.110. The van der Waals surface area contributed by atoms with E-state index in [0.717, 1.165) is 41.5 Å². The number of nitrogens with one attached hydrogen (secondary N) is 1. The Labute approximate surface area is 310 Å². The number of halogens is 5. The van der Waals surface area contributed by atoms with E-state index in [1.54, 1.807) is 45.0 Å². The third-order valence-corrected chi connectivity index (χ3v) is 10.1. The summed E-state index contributed by atoms with van der Waals surface area (Å²) in [5.41, 5.74) is 0.521. The van der Waals surface area contributed by atoms with Crippen molar-refractivity contribution in [2.75, 3.05) is 26.7 Å². The Morgan fingerprint density at radius 2 is 1.65 bits per heavy atom. The molecule has 290 valence electrons. The van der Waals surface area contributed by atoms with Gasteiger partial charge in [0.2, 0.25) is 5.82 Å². The Morgan fingerprint density at radius 1 is 0.944 bits per heavy atom. The van der Waals surface area contributed by atoms with E-state index < -0.39 is 64.8 Å². The first kappa shape index (κ1) is 38.8. The zero-order valence-corrected chi connectivity index (χ0v) is 30.8. The van der Waals surface area contributed by atoms with Crippen molar-refractivity contribution >= 4 is 22.9 Å². The molecule has 1 unspecified atom stereocenters. The molecule has 1 atom stereocenters. The molecular formula is C40H45F5N4O5. The average Bonchev–Trinajstić information content (AvgIpc) is 3.56. The van der Waals surface area contributed by atoms with Gasteiger partial charge in [-0.1, -0.05) is 24.3 Å². The minimum atomic E-state index is -3.07. The number of likely N-dealkylation sites (tertiary alicyclic amines) is 1. The van der Waals surface area contributed by atoms with Crippen LogP contribution in [-0.4, -0.2) is 64.9 Å². The molecule has 2 amide bonds. The molecule has 4 aromatic rings. The number of hydrogen-bond donors (Lipinski definition) is 1. The standard InChI is InChI=1S/C40H45F5N4O5/c1-39(2,3)54-38(51)48-16-15-28(40(44,45)23-48)17-26-5-10-27-21-49(47-33(27)18-26)29-11-6-24(7-12-29)20-46-37(50)31-19-32(41)36(35(43)34(31)42)53-22-25-8-13-30(52-4)14-9-25/h5,8-10,13-14,18-19,21,24,28-29H,6-7,11-12,15-17,20,22-23H2,1-4H3,(H,46,50). The van der Waals surface area contributed by atoms with Crippen molar-refractivity contribution in [3.8, 4) is 11.5 Å². The van der Waals surface area contributed by atoms with E-state index in [1.807, 2.05) is 29.1 Å². The normalized spacial score (nSPS) is 20.1. The van der Waals surface area contributed by atoms with Gasteiger partial charge in [0.1, 0.15) is 18.0 Å². The van der Waals surface area contributed by atoms with E-state index >= 15 is 8.78 Å². The van der Waals surface area contributed by atoms with E-state index in [2.05, 4.69) is 5.32 Å². The van der Waals surface area contributed by atoms with Crippen LogP contribution in [0.2, 0.25) is 0 Å². The molecule has 1 saturated heterocycles. The molecule has 2 heterocycles. The number of fused-ring (bicyclic) bond motifs is 1. The molecule has 1 saturated carbocycles. The number of carbonyl (C=O) groups excluding carboxylic acids is 2. The molecule has 1 aromatic heterocycles. The van der Waals surface area contributed by atoms with Crippen LogP contribution in [0.5, 0.6) is 11.5 Å². The molecule has 1 N–H and O–H groups in total. The molecule has 9 nitrogen and oxygen atoms in total. The maximum absolute atomic E-state index is 15.2. The van der Waals surface area contributed by atoms with Gasteiger partial charge in [0.25, 0.3) is 11.8 Å². The highest BCUT2D eigenvalue weighted by molar-refractivity contribution is 5.94. The molecule has 3 aromatic carbocycles. The molecule has 6 rings (SSSR count). The van der Waals surface area contributed by atoms with Crippen LogP contribution in [0.25, 0.3) is 10.9 Å². The van der Waals surface area contributed by atoms with Gasteiger partial charge < -0.3 is 24.4 Å².